The van der Waals surface area contributed by atoms with Gasteiger partial charge in [0.1, 0.15) is 5.75 Å². The van der Waals surface area contributed by atoms with Gasteiger partial charge in [-0.25, -0.2) is 0 Å². The molecule has 2 rings (SSSR count). The molecule has 0 saturated carbocycles. The van der Waals surface area contributed by atoms with Crippen LogP contribution in [0, 0.1) is 18.8 Å². The molecule has 0 saturated heterocycles. The third-order valence-electron chi connectivity index (χ3n) is 3.59. The molecule has 0 spiro atoms. The lowest BCUT2D eigenvalue weighted by Gasteiger charge is -2.30. The summed E-state index contributed by atoms with van der Waals surface area (Å²) in [5.74, 6) is 2.44. The van der Waals surface area contributed by atoms with Gasteiger partial charge in [0.15, 0.2) is 0 Å². The first-order chi connectivity index (χ1) is 7.61. The van der Waals surface area contributed by atoms with Gasteiger partial charge in [-0.1, -0.05) is 13.8 Å². The van der Waals surface area contributed by atoms with Gasteiger partial charge < -0.3 is 10.1 Å². The van der Waals surface area contributed by atoms with E-state index in [0.29, 0.717) is 0 Å². The lowest BCUT2D eigenvalue weighted by molar-refractivity contribution is 0.389. The third kappa shape index (κ3) is 2.01. The highest BCUT2D eigenvalue weighted by atomic mass is 16.5. The Morgan fingerprint density at radius 1 is 1.38 bits per heavy atom. The van der Waals surface area contributed by atoms with Crippen molar-refractivity contribution in [3.63, 3.8) is 0 Å². The molecule has 0 amide bonds. The number of methoxy groups -OCH3 is 1. The van der Waals surface area contributed by atoms with Crippen molar-refractivity contribution in [3.8, 4) is 5.75 Å². The molecular weight excluding hydrogens is 198 g/mol. The highest BCUT2D eigenvalue weighted by Gasteiger charge is 2.22. The zero-order valence-electron chi connectivity index (χ0n) is 10.6. The number of nitrogens with one attached hydrogen (secondary N) is 1. The number of fused-ring (bicyclic) bond motifs is 1. The number of ether oxygens (including phenoxy) is 1. The van der Waals surface area contributed by atoms with E-state index in [2.05, 4.69) is 38.2 Å². The first-order valence-corrected chi connectivity index (χ1v) is 6.03. The van der Waals surface area contributed by atoms with E-state index >= 15 is 0 Å². The number of anilines is 1. The second-order valence-electron chi connectivity index (χ2n) is 5.07. The lowest BCUT2D eigenvalue weighted by atomic mass is 9.85. The SMILES string of the molecule is COc1cc(C)c2c(c1)CC(C(C)C)CN2. The van der Waals surface area contributed by atoms with Gasteiger partial charge in [0.2, 0.25) is 0 Å². The molecule has 1 aromatic rings. The molecule has 1 aliphatic rings. The summed E-state index contributed by atoms with van der Waals surface area (Å²) in [6, 6.07) is 4.27. The Labute approximate surface area is 98.0 Å². The molecule has 0 aliphatic carbocycles. The van der Waals surface area contributed by atoms with E-state index in [4.69, 9.17) is 4.74 Å². The molecule has 1 N–H and O–H groups in total. The fourth-order valence-electron chi connectivity index (χ4n) is 2.42. The molecule has 1 atom stereocenters. The van der Waals surface area contributed by atoms with Crippen LogP contribution >= 0.6 is 0 Å². The highest BCUT2D eigenvalue weighted by molar-refractivity contribution is 5.61. The van der Waals surface area contributed by atoms with Crippen LogP contribution in [0.3, 0.4) is 0 Å². The second kappa shape index (κ2) is 4.36. The summed E-state index contributed by atoms with van der Waals surface area (Å²) in [4.78, 5) is 0. The standard InChI is InChI=1S/C14H21NO/c1-9(2)12-6-11-7-13(16-4)5-10(3)14(11)15-8-12/h5,7,9,12,15H,6,8H2,1-4H3. The van der Waals surface area contributed by atoms with Crippen LogP contribution in [0.25, 0.3) is 0 Å². The number of hydrogen-bond donors (Lipinski definition) is 1. The molecule has 0 bridgehead atoms. The van der Waals surface area contributed by atoms with Crippen LogP contribution < -0.4 is 10.1 Å². The van der Waals surface area contributed by atoms with Gasteiger partial charge in [0.25, 0.3) is 0 Å². The molecule has 2 heteroatoms. The van der Waals surface area contributed by atoms with Crippen LogP contribution in [0.15, 0.2) is 12.1 Å². The van der Waals surface area contributed by atoms with E-state index in [9.17, 15) is 0 Å². The maximum atomic E-state index is 5.33. The first-order valence-electron chi connectivity index (χ1n) is 6.03. The van der Waals surface area contributed by atoms with Crippen LogP contribution in [-0.2, 0) is 6.42 Å². The fraction of sp³-hybridized carbons (Fsp3) is 0.571. The molecular formula is C14H21NO. The monoisotopic (exact) mass is 219 g/mol. The zero-order chi connectivity index (χ0) is 11.7. The van der Waals surface area contributed by atoms with E-state index in [1.54, 1.807) is 7.11 Å². The van der Waals surface area contributed by atoms with Gasteiger partial charge >= 0.3 is 0 Å². The van der Waals surface area contributed by atoms with E-state index in [1.807, 2.05) is 0 Å². The lowest BCUT2D eigenvalue weighted by Crippen LogP contribution is -2.27. The molecule has 1 aromatic carbocycles. The second-order valence-corrected chi connectivity index (χ2v) is 5.07. The Balaban J connectivity index is 2.33. The Morgan fingerprint density at radius 3 is 2.75 bits per heavy atom. The largest absolute Gasteiger partial charge is 0.497 e. The van der Waals surface area contributed by atoms with Crippen molar-refractivity contribution < 1.29 is 4.74 Å². The normalized spacial score (nSPS) is 19.2. The third-order valence-corrected chi connectivity index (χ3v) is 3.59. The molecule has 1 heterocycles. The minimum absolute atomic E-state index is 0.729. The summed E-state index contributed by atoms with van der Waals surface area (Å²) >= 11 is 0. The van der Waals surface area contributed by atoms with Crippen LogP contribution in [0.1, 0.15) is 25.0 Å². The van der Waals surface area contributed by atoms with Gasteiger partial charge in [-0.3, -0.25) is 0 Å². The number of benzene rings is 1. The molecule has 1 aliphatic heterocycles. The summed E-state index contributed by atoms with van der Waals surface area (Å²) in [6.45, 7) is 7.83. The van der Waals surface area contributed by atoms with Crippen LogP contribution in [-0.4, -0.2) is 13.7 Å². The van der Waals surface area contributed by atoms with E-state index < -0.39 is 0 Å². The molecule has 2 nitrogen and oxygen atoms in total. The van der Waals surface area contributed by atoms with Crippen molar-refractivity contribution in [1.29, 1.82) is 0 Å². The Morgan fingerprint density at radius 2 is 2.12 bits per heavy atom. The summed E-state index contributed by atoms with van der Waals surface area (Å²) in [6.07, 6.45) is 1.16. The minimum atomic E-state index is 0.729. The van der Waals surface area contributed by atoms with Crippen molar-refractivity contribution in [2.45, 2.75) is 27.2 Å². The van der Waals surface area contributed by atoms with Crippen molar-refractivity contribution in [2.24, 2.45) is 11.8 Å². The van der Waals surface area contributed by atoms with Crippen molar-refractivity contribution in [3.05, 3.63) is 23.3 Å². The summed E-state index contributed by atoms with van der Waals surface area (Å²) < 4.78 is 5.33. The van der Waals surface area contributed by atoms with Gasteiger partial charge in [-0.15, -0.1) is 0 Å². The van der Waals surface area contributed by atoms with Gasteiger partial charge in [-0.05, 0) is 48.4 Å². The Hall–Kier alpha value is -1.18. The van der Waals surface area contributed by atoms with Gasteiger partial charge in [0, 0.05) is 12.2 Å². The van der Waals surface area contributed by atoms with Crippen LogP contribution in [0.2, 0.25) is 0 Å². The number of rotatable bonds is 2. The smallest absolute Gasteiger partial charge is 0.119 e. The van der Waals surface area contributed by atoms with Gasteiger partial charge in [-0.2, -0.15) is 0 Å². The van der Waals surface area contributed by atoms with E-state index in [0.717, 1.165) is 30.6 Å². The Kier molecular flexibility index (Phi) is 3.08. The summed E-state index contributed by atoms with van der Waals surface area (Å²) in [5.41, 5.74) is 4.01. The predicted octanol–water partition coefficient (Wildman–Crippen LogP) is 3.24. The van der Waals surface area contributed by atoms with Crippen LogP contribution in [0.5, 0.6) is 5.75 Å². The molecule has 0 aromatic heterocycles. The van der Waals surface area contributed by atoms with Crippen molar-refractivity contribution in [1.82, 2.24) is 0 Å². The van der Waals surface area contributed by atoms with Gasteiger partial charge in [0.05, 0.1) is 7.11 Å². The zero-order valence-corrected chi connectivity index (χ0v) is 10.6. The van der Waals surface area contributed by atoms with Crippen LogP contribution in [0.4, 0.5) is 5.69 Å². The number of hydrogen-bond acceptors (Lipinski definition) is 2. The minimum Gasteiger partial charge on any atom is -0.497 e. The molecule has 0 radical (unpaired) electrons. The maximum Gasteiger partial charge on any atom is 0.119 e. The summed E-state index contributed by atoms with van der Waals surface area (Å²) in [7, 11) is 1.73. The quantitative estimate of drug-likeness (QED) is 0.824. The van der Waals surface area contributed by atoms with E-state index in [-0.39, 0.29) is 0 Å². The van der Waals surface area contributed by atoms with Crippen molar-refractivity contribution in [2.75, 3.05) is 19.0 Å². The number of aryl methyl sites for hydroxylation is 1. The Bertz CT molecular complexity index is 385. The summed E-state index contributed by atoms with van der Waals surface area (Å²) in [5, 5.41) is 3.56. The average Bonchev–Trinajstić information content (AvgIpc) is 2.28. The maximum absolute atomic E-state index is 5.33. The molecule has 88 valence electrons. The molecule has 0 fully saturated rings. The molecule has 1 unspecified atom stereocenters. The average molecular weight is 219 g/mol. The first kappa shape index (κ1) is 11.3. The fourth-order valence-corrected chi connectivity index (χ4v) is 2.42. The molecule has 16 heavy (non-hydrogen) atoms. The highest BCUT2D eigenvalue weighted by Crippen LogP contribution is 2.33. The topological polar surface area (TPSA) is 21.3 Å². The van der Waals surface area contributed by atoms with E-state index in [1.165, 1.54) is 16.8 Å². The van der Waals surface area contributed by atoms with Crippen molar-refractivity contribution >= 4 is 5.69 Å². The predicted molar refractivity (Wildman–Crippen MR) is 68.3 cm³/mol.